The van der Waals surface area contributed by atoms with E-state index >= 15 is 0 Å². The van der Waals surface area contributed by atoms with Gasteiger partial charge < -0.3 is 20.1 Å². The standard InChI is InChI=1S/C19H24N4O3/c1-5-9-21-19(24)15-12-18(23-13(2)22-15)20-10-8-14-6-7-16(25-3)17(11-14)26-4/h5-7,11-12H,1,8-10H2,2-4H3,(H,21,24)(H,20,22,23). The summed E-state index contributed by atoms with van der Waals surface area (Å²) in [5.41, 5.74) is 1.43. The largest absolute Gasteiger partial charge is 0.493 e. The number of amides is 1. The predicted molar refractivity (Wildman–Crippen MR) is 101 cm³/mol. The Morgan fingerprint density at radius 3 is 2.65 bits per heavy atom. The zero-order valence-corrected chi connectivity index (χ0v) is 15.3. The summed E-state index contributed by atoms with van der Waals surface area (Å²) in [5.74, 6) is 2.29. The molecule has 1 heterocycles. The summed E-state index contributed by atoms with van der Waals surface area (Å²) in [6.45, 7) is 6.38. The third-order valence-corrected chi connectivity index (χ3v) is 3.65. The molecule has 0 unspecified atom stereocenters. The summed E-state index contributed by atoms with van der Waals surface area (Å²) >= 11 is 0. The minimum absolute atomic E-state index is 0.252. The Hall–Kier alpha value is -3.09. The number of carbonyl (C=O) groups is 1. The first-order valence-electron chi connectivity index (χ1n) is 8.27. The molecule has 7 nitrogen and oxygen atoms in total. The number of aryl methyl sites for hydroxylation is 1. The summed E-state index contributed by atoms with van der Waals surface area (Å²) < 4.78 is 10.6. The SMILES string of the molecule is C=CCNC(=O)c1cc(NCCc2ccc(OC)c(OC)c2)nc(C)n1. The molecule has 0 radical (unpaired) electrons. The van der Waals surface area contributed by atoms with Crippen molar-refractivity contribution in [2.75, 3.05) is 32.6 Å². The van der Waals surface area contributed by atoms with E-state index < -0.39 is 0 Å². The van der Waals surface area contributed by atoms with Crippen molar-refractivity contribution in [1.29, 1.82) is 0 Å². The van der Waals surface area contributed by atoms with E-state index in [9.17, 15) is 4.79 Å². The van der Waals surface area contributed by atoms with Crippen molar-refractivity contribution in [3.8, 4) is 11.5 Å². The van der Waals surface area contributed by atoms with Crippen LogP contribution < -0.4 is 20.1 Å². The van der Waals surface area contributed by atoms with Gasteiger partial charge in [0.25, 0.3) is 5.91 Å². The van der Waals surface area contributed by atoms with Crippen molar-refractivity contribution < 1.29 is 14.3 Å². The van der Waals surface area contributed by atoms with Crippen LogP contribution in [0.25, 0.3) is 0 Å². The molecule has 0 atom stereocenters. The van der Waals surface area contributed by atoms with Gasteiger partial charge in [0.1, 0.15) is 17.3 Å². The maximum atomic E-state index is 12.0. The Kier molecular flexibility index (Phi) is 6.96. The van der Waals surface area contributed by atoms with Crippen LogP contribution in [-0.2, 0) is 6.42 Å². The first-order chi connectivity index (χ1) is 12.6. The lowest BCUT2D eigenvalue weighted by molar-refractivity contribution is 0.0952. The molecule has 26 heavy (non-hydrogen) atoms. The van der Waals surface area contributed by atoms with E-state index in [1.54, 1.807) is 33.3 Å². The lowest BCUT2D eigenvalue weighted by Crippen LogP contribution is -2.25. The van der Waals surface area contributed by atoms with E-state index in [4.69, 9.17) is 9.47 Å². The number of ether oxygens (including phenoxy) is 2. The fraction of sp³-hybridized carbons (Fsp3) is 0.316. The van der Waals surface area contributed by atoms with Gasteiger partial charge in [-0.25, -0.2) is 9.97 Å². The van der Waals surface area contributed by atoms with E-state index in [0.717, 1.165) is 12.0 Å². The minimum atomic E-state index is -0.252. The molecular weight excluding hydrogens is 332 g/mol. The second-order valence-corrected chi connectivity index (χ2v) is 5.55. The quantitative estimate of drug-likeness (QED) is 0.671. The highest BCUT2D eigenvalue weighted by molar-refractivity contribution is 5.93. The van der Waals surface area contributed by atoms with Crippen molar-refractivity contribution in [3.05, 3.63) is 54.0 Å². The lowest BCUT2D eigenvalue weighted by Gasteiger charge is -2.11. The zero-order valence-electron chi connectivity index (χ0n) is 15.3. The van der Waals surface area contributed by atoms with E-state index in [1.807, 2.05) is 18.2 Å². The van der Waals surface area contributed by atoms with Crippen LogP contribution in [0.15, 0.2) is 36.9 Å². The van der Waals surface area contributed by atoms with Gasteiger partial charge in [-0.2, -0.15) is 0 Å². The van der Waals surface area contributed by atoms with Crippen LogP contribution in [0, 0.1) is 6.92 Å². The average Bonchev–Trinajstić information content (AvgIpc) is 2.65. The molecule has 0 aliphatic rings. The average molecular weight is 356 g/mol. The molecule has 0 bridgehead atoms. The zero-order chi connectivity index (χ0) is 18.9. The molecule has 1 aromatic heterocycles. The molecule has 0 spiro atoms. The highest BCUT2D eigenvalue weighted by Crippen LogP contribution is 2.27. The summed E-state index contributed by atoms with van der Waals surface area (Å²) in [6.07, 6.45) is 2.38. The fourth-order valence-electron chi connectivity index (χ4n) is 2.40. The fourth-order valence-corrected chi connectivity index (χ4v) is 2.40. The topological polar surface area (TPSA) is 85.4 Å². The lowest BCUT2D eigenvalue weighted by atomic mass is 10.1. The number of nitrogens with zero attached hydrogens (tertiary/aromatic N) is 2. The molecule has 1 amide bonds. The van der Waals surface area contributed by atoms with Gasteiger partial charge in [0.2, 0.25) is 0 Å². The molecule has 138 valence electrons. The first-order valence-corrected chi connectivity index (χ1v) is 8.27. The molecule has 7 heteroatoms. The number of hydrogen-bond donors (Lipinski definition) is 2. The van der Waals surface area contributed by atoms with Gasteiger partial charge >= 0.3 is 0 Å². The van der Waals surface area contributed by atoms with Crippen LogP contribution >= 0.6 is 0 Å². The van der Waals surface area contributed by atoms with E-state index in [-0.39, 0.29) is 5.91 Å². The van der Waals surface area contributed by atoms with E-state index in [2.05, 4.69) is 27.2 Å². The van der Waals surface area contributed by atoms with Gasteiger partial charge in [-0.3, -0.25) is 4.79 Å². The van der Waals surface area contributed by atoms with Crippen LogP contribution in [0.3, 0.4) is 0 Å². The second-order valence-electron chi connectivity index (χ2n) is 5.55. The van der Waals surface area contributed by atoms with Gasteiger partial charge in [-0.05, 0) is 31.0 Å². The third kappa shape index (κ3) is 5.20. The Morgan fingerprint density at radius 1 is 1.19 bits per heavy atom. The van der Waals surface area contributed by atoms with E-state index in [0.29, 0.717) is 41.9 Å². The molecule has 2 N–H and O–H groups in total. The molecule has 0 fully saturated rings. The van der Waals surface area contributed by atoms with Gasteiger partial charge in [-0.15, -0.1) is 6.58 Å². The van der Waals surface area contributed by atoms with E-state index in [1.165, 1.54) is 0 Å². The first kappa shape index (κ1) is 19.2. The number of hydrogen-bond acceptors (Lipinski definition) is 6. The van der Waals surface area contributed by atoms with Gasteiger partial charge in [0.05, 0.1) is 14.2 Å². The van der Waals surface area contributed by atoms with Crippen LogP contribution in [0.1, 0.15) is 21.9 Å². The number of aromatic nitrogens is 2. The molecule has 0 saturated carbocycles. The Bertz CT molecular complexity index is 777. The summed E-state index contributed by atoms with van der Waals surface area (Å²) in [4.78, 5) is 20.5. The highest BCUT2D eigenvalue weighted by atomic mass is 16.5. The molecule has 0 aliphatic heterocycles. The Morgan fingerprint density at radius 2 is 1.96 bits per heavy atom. The van der Waals surface area contributed by atoms with Crippen molar-refractivity contribution in [3.63, 3.8) is 0 Å². The van der Waals surface area contributed by atoms with Crippen LogP contribution in [0.5, 0.6) is 11.5 Å². The second kappa shape index (κ2) is 9.41. The number of benzene rings is 1. The van der Waals surface area contributed by atoms with Gasteiger partial charge in [-0.1, -0.05) is 12.1 Å². The number of nitrogens with one attached hydrogen (secondary N) is 2. The third-order valence-electron chi connectivity index (χ3n) is 3.65. The van der Waals surface area contributed by atoms with Crippen molar-refractivity contribution in [1.82, 2.24) is 15.3 Å². The molecule has 1 aromatic carbocycles. The smallest absolute Gasteiger partial charge is 0.270 e. The normalized spacial score (nSPS) is 10.1. The van der Waals surface area contributed by atoms with Crippen LogP contribution in [0.2, 0.25) is 0 Å². The van der Waals surface area contributed by atoms with Gasteiger partial charge in [0.15, 0.2) is 11.5 Å². The molecule has 0 saturated heterocycles. The monoisotopic (exact) mass is 356 g/mol. The maximum Gasteiger partial charge on any atom is 0.270 e. The molecule has 2 aromatic rings. The van der Waals surface area contributed by atoms with Crippen LogP contribution in [0.4, 0.5) is 5.82 Å². The Labute approximate surface area is 153 Å². The molecular formula is C19H24N4O3. The van der Waals surface area contributed by atoms with Crippen molar-refractivity contribution >= 4 is 11.7 Å². The highest BCUT2D eigenvalue weighted by Gasteiger charge is 2.10. The van der Waals surface area contributed by atoms with Crippen molar-refractivity contribution in [2.45, 2.75) is 13.3 Å². The number of methoxy groups -OCH3 is 2. The van der Waals surface area contributed by atoms with Crippen molar-refractivity contribution in [2.24, 2.45) is 0 Å². The maximum absolute atomic E-state index is 12.0. The Balaban J connectivity index is 2.00. The van der Waals surface area contributed by atoms with Gasteiger partial charge in [0, 0.05) is 19.2 Å². The molecule has 0 aliphatic carbocycles. The number of carbonyl (C=O) groups excluding carboxylic acids is 1. The molecule has 2 rings (SSSR count). The predicted octanol–water partition coefficient (Wildman–Crippen LogP) is 2.37. The number of anilines is 1. The summed E-state index contributed by atoms with van der Waals surface area (Å²) in [7, 11) is 3.22. The van der Waals surface area contributed by atoms with Crippen LogP contribution in [-0.4, -0.2) is 43.2 Å². The minimum Gasteiger partial charge on any atom is -0.493 e. The summed E-state index contributed by atoms with van der Waals surface area (Å²) in [6, 6.07) is 7.45. The summed E-state index contributed by atoms with van der Waals surface area (Å²) in [5, 5.41) is 5.94. The number of rotatable bonds is 9.